The zero-order valence-electron chi connectivity index (χ0n) is 11.6. The summed E-state index contributed by atoms with van der Waals surface area (Å²) in [6.45, 7) is 0. The highest BCUT2D eigenvalue weighted by atomic mass is 16.4. The van der Waals surface area contributed by atoms with E-state index in [-0.39, 0.29) is 29.9 Å². The first kappa shape index (κ1) is 13.9. The van der Waals surface area contributed by atoms with Gasteiger partial charge in [-0.2, -0.15) is 0 Å². The van der Waals surface area contributed by atoms with E-state index >= 15 is 0 Å². The van der Waals surface area contributed by atoms with Crippen molar-refractivity contribution in [2.45, 2.75) is 43.9 Å². The molecular formula is C15H19N3O3. The second-order valence-corrected chi connectivity index (χ2v) is 5.79. The third-order valence-electron chi connectivity index (χ3n) is 4.46. The SMILES string of the molecule is NC(=NO)c1cccc(C(=O)N2C3CCC2CC(O)C3)c1. The summed E-state index contributed by atoms with van der Waals surface area (Å²) in [5, 5.41) is 21.5. The van der Waals surface area contributed by atoms with Gasteiger partial charge in [0.05, 0.1) is 6.10 Å². The zero-order chi connectivity index (χ0) is 15.0. The molecule has 2 atom stereocenters. The first-order valence-electron chi connectivity index (χ1n) is 7.19. The molecule has 6 nitrogen and oxygen atoms in total. The first-order valence-corrected chi connectivity index (χ1v) is 7.19. The molecule has 2 aliphatic heterocycles. The van der Waals surface area contributed by atoms with Crippen LogP contribution in [0.15, 0.2) is 29.4 Å². The standard InChI is InChI=1S/C15H19N3O3/c16-14(17-21)9-2-1-3-10(6-9)15(20)18-11-4-5-12(18)8-13(19)7-11/h1-3,6,11-13,19,21H,4-5,7-8H2,(H2,16,17). The number of fused-ring (bicyclic) bond motifs is 2. The van der Waals surface area contributed by atoms with E-state index in [1.807, 2.05) is 4.90 Å². The van der Waals surface area contributed by atoms with E-state index in [1.165, 1.54) is 0 Å². The number of amidine groups is 1. The van der Waals surface area contributed by atoms with Gasteiger partial charge in [-0.05, 0) is 37.8 Å². The number of piperidine rings is 1. The van der Waals surface area contributed by atoms with Gasteiger partial charge in [0.1, 0.15) is 0 Å². The lowest BCUT2D eigenvalue weighted by Crippen LogP contribution is -2.48. The molecule has 2 heterocycles. The van der Waals surface area contributed by atoms with Crippen molar-refractivity contribution in [2.24, 2.45) is 10.9 Å². The van der Waals surface area contributed by atoms with Gasteiger partial charge in [0.15, 0.2) is 5.84 Å². The third kappa shape index (κ3) is 2.47. The van der Waals surface area contributed by atoms with Crippen molar-refractivity contribution >= 4 is 11.7 Å². The molecule has 3 rings (SSSR count). The van der Waals surface area contributed by atoms with Gasteiger partial charge in [-0.3, -0.25) is 4.79 Å². The largest absolute Gasteiger partial charge is 0.409 e. The fraction of sp³-hybridized carbons (Fsp3) is 0.467. The van der Waals surface area contributed by atoms with E-state index in [1.54, 1.807) is 24.3 Å². The van der Waals surface area contributed by atoms with E-state index in [0.29, 0.717) is 24.0 Å². The van der Waals surface area contributed by atoms with Crippen molar-refractivity contribution in [2.75, 3.05) is 0 Å². The second kappa shape index (κ2) is 5.37. The number of rotatable bonds is 2. The van der Waals surface area contributed by atoms with Crippen molar-refractivity contribution in [3.63, 3.8) is 0 Å². The molecule has 6 heteroatoms. The minimum atomic E-state index is -0.296. The van der Waals surface area contributed by atoms with E-state index in [0.717, 1.165) is 12.8 Å². The predicted molar refractivity (Wildman–Crippen MR) is 77.2 cm³/mol. The van der Waals surface area contributed by atoms with Gasteiger partial charge in [-0.1, -0.05) is 17.3 Å². The van der Waals surface area contributed by atoms with Crippen LogP contribution < -0.4 is 5.73 Å². The molecule has 0 saturated carbocycles. The number of hydrogen-bond acceptors (Lipinski definition) is 4. The van der Waals surface area contributed by atoms with Crippen LogP contribution in [0.3, 0.4) is 0 Å². The van der Waals surface area contributed by atoms with Gasteiger partial charge in [0.2, 0.25) is 0 Å². The first-order chi connectivity index (χ1) is 10.1. The molecule has 0 spiro atoms. The maximum absolute atomic E-state index is 12.7. The van der Waals surface area contributed by atoms with Crippen LogP contribution >= 0.6 is 0 Å². The number of carbonyl (C=O) groups is 1. The van der Waals surface area contributed by atoms with Crippen LogP contribution in [0.5, 0.6) is 0 Å². The zero-order valence-corrected chi connectivity index (χ0v) is 11.6. The van der Waals surface area contributed by atoms with Crippen molar-refractivity contribution in [1.82, 2.24) is 4.90 Å². The molecule has 2 aliphatic rings. The highest BCUT2D eigenvalue weighted by Gasteiger charge is 2.42. The van der Waals surface area contributed by atoms with E-state index in [2.05, 4.69) is 5.16 Å². The van der Waals surface area contributed by atoms with Crippen LogP contribution in [0.2, 0.25) is 0 Å². The lowest BCUT2D eigenvalue weighted by atomic mass is 9.98. The topological polar surface area (TPSA) is 99.2 Å². The van der Waals surface area contributed by atoms with Crippen molar-refractivity contribution in [3.8, 4) is 0 Å². The molecule has 0 radical (unpaired) electrons. The highest BCUT2D eigenvalue weighted by Crippen LogP contribution is 2.36. The minimum absolute atomic E-state index is 0.0123. The predicted octanol–water partition coefficient (Wildman–Crippen LogP) is 0.909. The Kier molecular flexibility index (Phi) is 3.55. The van der Waals surface area contributed by atoms with Gasteiger partial charge in [0, 0.05) is 23.2 Å². The lowest BCUT2D eigenvalue weighted by Gasteiger charge is -2.37. The maximum Gasteiger partial charge on any atom is 0.254 e. The summed E-state index contributed by atoms with van der Waals surface area (Å²) in [7, 11) is 0. The average Bonchev–Trinajstić information content (AvgIpc) is 2.77. The number of aliphatic hydroxyl groups is 1. The third-order valence-corrected chi connectivity index (χ3v) is 4.46. The molecule has 21 heavy (non-hydrogen) atoms. The number of amides is 1. The maximum atomic E-state index is 12.7. The van der Waals surface area contributed by atoms with Gasteiger partial charge < -0.3 is 20.9 Å². The highest BCUT2D eigenvalue weighted by molar-refractivity contribution is 6.01. The Hall–Kier alpha value is -2.08. The van der Waals surface area contributed by atoms with Gasteiger partial charge in [-0.15, -0.1) is 0 Å². The van der Waals surface area contributed by atoms with Crippen molar-refractivity contribution < 1.29 is 15.1 Å². The number of aliphatic hydroxyl groups excluding tert-OH is 1. The molecule has 0 aliphatic carbocycles. The fourth-order valence-electron chi connectivity index (χ4n) is 3.50. The Morgan fingerprint density at radius 3 is 2.48 bits per heavy atom. The normalized spacial score (nSPS) is 28.7. The lowest BCUT2D eigenvalue weighted by molar-refractivity contribution is 0.0287. The minimum Gasteiger partial charge on any atom is -0.409 e. The monoisotopic (exact) mass is 289 g/mol. The summed E-state index contributed by atoms with van der Waals surface area (Å²) in [4.78, 5) is 14.6. The van der Waals surface area contributed by atoms with Crippen LogP contribution in [-0.4, -0.2) is 45.1 Å². The number of carbonyl (C=O) groups excluding carboxylic acids is 1. The van der Waals surface area contributed by atoms with Crippen LogP contribution in [0.4, 0.5) is 0 Å². The summed E-state index contributed by atoms with van der Waals surface area (Å²) >= 11 is 0. The fourth-order valence-corrected chi connectivity index (χ4v) is 3.50. The Balaban J connectivity index is 1.86. The number of nitrogens with zero attached hydrogens (tertiary/aromatic N) is 2. The van der Waals surface area contributed by atoms with Crippen LogP contribution in [0.25, 0.3) is 0 Å². The molecule has 1 aromatic rings. The molecule has 2 bridgehead atoms. The number of hydrogen-bond donors (Lipinski definition) is 3. The molecular weight excluding hydrogens is 270 g/mol. The Morgan fingerprint density at radius 1 is 1.24 bits per heavy atom. The summed E-state index contributed by atoms with van der Waals surface area (Å²) in [6.07, 6.45) is 2.92. The van der Waals surface area contributed by atoms with Gasteiger partial charge in [-0.25, -0.2) is 0 Å². The summed E-state index contributed by atoms with van der Waals surface area (Å²) < 4.78 is 0. The molecule has 2 saturated heterocycles. The van der Waals surface area contributed by atoms with E-state index in [9.17, 15) is 9.90 Å². The number of oxime groups is 1. The smallest absolute Gasteiger partial charge is 0.254 e. The van der Waals surface area contributed by atoms with E-state index < -0.39 is 0 Å². The number of nitrogens with two attached hydrogens (primary N) is 1. The average molecular weight is 289 g/mol. The van der Waals surface area contributed by atoms with Crippen LogP contribution in [0.1, 0.15) is 41.6 Å². The molecule has 0 aromatic heterocycles. The summed E-state index contributed by atoms with van der Waals surface area (Å²) in [5.41, 5.74) is 6.62. The molecule has 1 amide bonds. The van der Waals surface area contributed by atoms with Crippen LogP contribution in [0, 0.1) is 0 Å². The molecule has 1 aromatic carbocycles. The Morgan fingerprint density at radius 2 is 1.86 bits per heavy atom. The molecule has 112 valence electrons. The molecule has 2 fully saturated rings. The Labute approximate surface area is 122 Å². The quantitative estimate of drug-likeness (QED) is 0.326. The second-order valence-electron chi connectivity index (χ2n) is 5.79. The summed E-state index contributed by atoms with van der Waals surface area (Å²) in [5.74, 6) is -0.0521. The van der Waals surface area contributed by atoms with E-state index in [4.69, 9.17) is 10.9 Å². The molecule has 2 unspecified atom stereocenters. The van der Waals surface area contributed by atoms with Crippen molar-refractivity contribution in [3.05, 3.63) is 35.4 Å². The van der Waals surface area contributed by atoms with Gasteiger partial charge in [0.25, 0.3) is 5.91 Å². The molecule has 4 N–H and O–H groups in total. The summed E-state index contributed by atoms with van der Waals surface area (Å²) in [6, 6.07) is 7.04. The van der Waals surface area contributed by atoms with Crippen LogP contribution in [-0.2, 0) is 0 Å². The number of benzene rings is 1. The Bertz CT molecular complexity index is 573. The van der Waals surface area contributed by atoms with Gasteiger partial charge >= 0.3 is 0 Å². The van der Waals surface area contributed by atoms with Crippen molar-refractivity contribution in [1.29, 1.82) is 0 Å².